The molecule has 23 heavy (non-hydrogen) atoms. The van der Waals surface area contributed by atoms with Crippen molar-refractivity contribution in [1.82, 2.24) is 5.32 Å². The average molecular weight is 332 g/mol. The number of carbonyl (C=O) groups excluding carboxylic acids is 1. The molecule has 0 atom stereocenters. The number of anilines is 1. The van der Waals surface area contributed by atoms with Crippen LogP contribution in [0.2, 0.25) is 0 Å². The Morgan fingerprint density at radius 1 is 1.26 bits per heavy atom. The number of hydrogen-bond donors (Lipinski definition) is 2. The van der Waals surface area contributed by atoms with Crippen molar-refractivity contribution in [2.45, 2.75) is 45.5 Å². The summed E-state index contributed by atoms with van der Waals surface area (Å²) in [6.07, 6.45) is -2.74. The number of nitrogens with one attached hydrogen (secondary N) is 2. The molecule has 0 aliphatic carbocycles. The molecule has 0 heterocycles. The molecule has 0 bridgehead atoms. The Kier molecular flexibility index (Phi) is 8.05. The smallest absolute Gasteiger partial charge is 0.379 e. The lowest BCUT2D eigenvalue weighted by atomic mass is 10.2. The van der Waals surface area contributed by atoms with Crippen molar-refractivity contribution in [2.75, 3.05) is 18.5 Å². The quantitative estimate of drug-likeness (QED) is 0.681. The topological polar surface area (TPSA) is 50.4 Å². The van der Waals surface area contributed by atoms with E-state index in [1.807, 2.05) is 19.2 Å². The van der Waals surface area contributed by atoms with E-state index in [0.717, 1.165) is 31.6 Å². The summed E-state index contributed by atoms with van der Waals surface area (Å²) in [6, 6.07) is 6.35. The van der Waals surface area contributed by atoms with Gasteiger partial charge in [-0.25, -0.2) is 0 Å². The Morgan fingerprint density at radius 2 is 2.00 bits per heavy atom. The average Bonchev–Trinajstić information content (AvgIpc) is 2.45. The summed E-state index contributed by atoms with van der Waals surface area (Å²) in [4.78, 5) is 10.9. The molecule has 0 saturated heterocycles. The summed E-state index contributed by atoms with van der Waals surface area (Å²) in [5.41, 5.74) is 0.945. The SMILES string of the molecule is CC(C)OCCCCNCc1cccc(NC(=O)C(F)(F)F)c1. The van der Waals surface area contributed by atoms with Crippen LogP contribution in [0.25, 0.3) is 0 Å². The molecule has 2 N–H and O–H groups in total. The number of ether oxygens (including phenoxy) is 1. The van der Waals surface area contributed by atoms with Crippen molar-refractivity contribution < 1.29 is 22.7 Å². The number of amides is 1. The third-order valence-electron chi connectivity index (χ3n) is 2.97. The molecule has 1 rings (SSSR count). The molecular formula is C16H23F3N2O2. The highest BCUT2D eigenvalue weighted by Gasteiger charge is 2.38. The normalized spacial score (nSPS) is 11.7. The summed E-state index contributed by atoms with van der Waals surface area (Å²) in [5.74, 6) is -1.97. The van der Waals surface area contributed by atoms with E-state index in [4.69, 9.17) is 4.74 Å². The summed E-state index contributed by atoms with van der Waals surface area (Å²) in [7, 11) is 0. The van der Waals surface area contributed by atoms with Gasteiger partial charge < -0.3 is 15.4 Å². The number of carbonyl (C=O) groups is 1. The third-order valence-corrected chi connectivity index (χ3v) is 2.97. The Bertz CT molecular complexity index is 490. The highest BCUT2D eigenvalue weighted by atomic mass is 19.4. The first kappa shape index (κ1) is 19.4. The maximum absolute atomic E-state index is 12.2. The number of hydrogen-bond acceptors (Lipinski definition) is 3. The van der Waals surface area contributed by atoms with E-state index in [0.29, 0.717) is 6.54 Å². The van der Waals surface area contributed by atoms with Crippen LogP contribution in [-0.4, -0.2) is 31.3 Å². The maximum Gasteiger partial charge on any atom is 0.471 e. The fourth-order valence-electron chi connectivity index (χ4n) is 1.86. The van der Waals surface area contributed by atoms with Crippen molar-refractivity contribution in [3.63, 3.8) is 0 Å². The Morgan fingerprint density at radius 3 is 2.65 bits per heavy atom. The monoisotopic (exact) mass is 332 g/mol. The number of rotatable bonds is 9. The van der Waals surface area contributed by atoms with Crippen LogP contribution >= 0.6 is 0 Å². The van der Waals surface area contributed by atoms with Crippen molar-refractivity contribution in [2.24, 2.45) is 0 Å². The zero-order valence-corrected chi connectivity index (χ0v) is 13.4. The fraction of sp³-hybridized carbons (Fsp3) is 0.562. The molecule has 130 valence electrons. The largest absolute Gasteiger partial charge is 0.471 e. The van der Waals surface area contributed by atoms with Gasteiger partial charge in [-0.05, 0) is 50.9 Å². The van der Waals surface area contributed by atoms with Crippen molar-refractivity contribution >= 4 is 11.6 Å². The van der Waals surface area contributed by atoms with Gasteiger partial charge in [-0.15, -0.1) is 0 Å². The van der Waals surface area contributed by atoms with Gasteiger partial charge in [0, 0.05) is 18.8 Å². The lowest BCUT2D eigenvalue weighted by Gasteiger charge is -2.10. The number of benzene rings is 1. The van der Waals surface area contributed by atoms with Crippen LogP contribution in [0.1, 0.15) is 32.3 Å². The maximum atomic E-state index is 12.2. The molecule has 1 amide bonds. The van der Waals surface area contributed by atoms with E-state index in [1.54, 1.807) is 12.1 Å². The number of halogens is 3. The van der Waals surface area contributed by atoms with E-state index in [2.05, 4.69) is 5.32 Å². The minimum atomic E-state index is -4.88. The van der Waals surface area contributed by atoms with Crippen LogP contribution in [-0.2, 0) is 16.1 Å². The number of unbranched alkanes of at least 4 members (excludes halogenated alkanes) is 1. The Balaban J connectivity index is 2.30. The van der Waals surface area contributed by atoms with Crippen LogP contribution in [0.4, 0.5) is 18.9 Å². The molecule has 0 aromatic heterocycles. The van der Waals surface area contributed by atoms with E-state index in [9.17, 15) is 18.0 Å². The first-order valence-corrected chi connectivity index (χ1v) is 7.58. The van der Waals surface area contributed by atoms with Crippen LogP contribution in [0, 0.1) is 0 Å². The van der Waals surface area contributed by atoms with Crippen LogP contribution in [0.5, 0.6) is 0 Å². The molecule has 0 radical (unpaired) electrons. The van der Waals surface area contributed by atoms with Crippen LogP contribution in [0.15, 0.2) is 24.3 Å². The molecule has 0 saturated carbocycles. The summed E-state index contributed by atoms with van der Waals surface area (Å²) < 4.78 is 42.0. The minimum absolute atomic E-state index is 0.136. The standard InChI is InChI=1S/C16H23F3N2O2/c1-12(2)23-9-4-3-8-20-11-13-6-5-7-14(10-13)21-15(22)16(17,18)19/h5-7,10,12,20H,3-4,8-9,11H2,1-2H3,(H,21,22). The van der Waals surface area contributed by atoms with Gasteiger partial charge in [0.25, 0.3) is 0 Å². The predicted molar refractivity (Wildman–Crippen MR) is 83.2 cm³/mol. The lowest BCUT2D eigenvalue weighted by Crippen LogP contribution is -2.29. The van der Waals surface area contributed by atoms with Gasteiger partial charge >= 0.3 is 12.1 Å². The number of alkyl halides is 3. The second kappa shape index (κ2) is 9.52. The molecule has 1 aromatic rings. The molecule has 0 fully saturated rings. The van der Waals surface area contributed by atoms with Crippen LogP contribution < -0.4 is 10.6 Å². The highest BCUT2D eigenvalue weighted by Crippen LogP contribution is 2.18. The van der Waals surface area contributed by atoms with Gasteiger partial charge in [-0.1, -0.05) is 12.1 Å². The van der Waals surface area contributed by atoms with Gasteiger partial charge in [-0.2, -0.15) is 13.2 Å². The zero-order valence-electron chi connectivity index (χ0n) is 13.4. The second-order valence-corrected chi connectivity index (χ2v) is 5.46. The van der Waals surface area contributed by atoms with Gasteiger partial charge in [0.05, 0.1) is 6.10 Å². The van der Waals surface area contributed by atoms with Gasteiger partial charge in [0.2, 0.25) is 0 Å². The molecule has 1 aromatic carbocycles. The van der Waals surface area contributed by atoms with Gasteiger partial charge in [0.1, 0.15) is 0 Å². The van der Waals surface area contributed by atoms with Gasteiger partial charge in [-0.3, -0.25) is 4.79 Å². The Labute approximate surface area is 134 Å². The lowest BCUT2D eigenvalue weighted by molar-refractivity contribution is -0.167. The first-order valence-electron chi connectivity index (χ1n) is 7.58. The second-order valence-electron chi connectivity index (χ2n) is 5.46. The molecule has 0 aliphatic heterocycles. The van der Waals surface area contributed by atoms with E-state index in [1.165, 1.54) is 12.1 Å². The van der Waals surface area contributed by atoms with E-state index in [-0.39, 0.29) is 11.8 Å². The van der Waals surface area contributed by atoms with E-state index >= 15 is 0 Å². The van der Waals surface area contributed by atoms with Crippen molar-refractivity contribution in [3.8, 4) is 0 Å². The molecule has 4 nitrogen and oxygen atoms in total. The molecule has 0 spiro atoms. The van der Waals surface area contributed by atoms with E-state index < -0.39 is 12.1 Å². The van der Waals surface area contributed by atoms with Crippen molar-refractivity contribution in [1.29, 1.82) is 0 Å². The fourth-order valence-corrected chi connectivity index (χ4v) is 1.86. The molecule has 0 aliphatic rings. The zero-order chi connectivity index (χ0) is 17.3. The summed E-state index contributed by atoms with van der Waals surface area (Å²) in [6.45, 7) is 6.02. The minimum Gasteiger partial charge on any atom is -0.379 e. The third kappa shape index (κ3) is 8.56. The van der Waals surface area contributed by atoms with Crippen molar-refractivity contribution in [3.05, 3.63) is 29.8 Å². The van der Waals surface area contributed by atoms with Gasteiger partial charge in [0.15, 0.2) is 0 Å². The predicted octanol–water partition coefficient (Wildman–Crippen LogP) is 3.48. The Hall–Kier alpha value is -1.60. The summed E-state index contributed by atoms with van der Waals surface area (Å²) in [5, 5.41) is 5.05. The highest BCUT2D eigenvalue weighted by molar-refractivity contribution is 5.94. The molecule has 0 unspecified atom stereocenters. The molecule has 7 heteroatoms. The first-order chi connectivity index (χ1) is 10.8. The summed E-state index contributed by atoms with van der Waals surface area (Å²) >= 11 is 0. The molecular weight excluding hydrogens is 309 g/mol. The van der Waals surface area contributed by atoms with Crippen LogP contribution in [0.3, 0.4) is 0 Å².